The van der Waals surface area contributed by atoms with Gasteiger partial charge in [-0.1, -0.05) is 12.1 Å². The number of rotatable bonds is 4. The molecule has 3 aromatic rings. The zero-order valence-electron chi connectivity index (χ0n) is 17.1. The third-order valence-corrected chi connectivity index (χ3v) is 5.97. The number of H-pyrrole nitrogens is 1. The molecule has 0 spiro atoms. The number of nitrogens with one attached hydrogen (secondary N) is 4. The zero-order valence-corrected chi connectivity index (χ0v) is 17.1. The van der Waals surface area contributed by atoms with Crippen LogP contribution in [-0.2, 0) is 4.79 Å². The van der Waals surface area contributed by atoms with Crippen molar-refractivity contribution in [2.24, 2.45) is 0 Å². The highest BCUT2D eigenvalue weighted by Gasteiger charge is 2.25. The van der Waals surface area contributed by atoms with Gasteiger partial charge < -0.3 is 20.5 Å². The second kappa shape index (κ2) is 7.95. The number of carbonyl (C=O) groups is 1. The van der Waals surface area contributed by atoms with E-state index in [-0.39, 0.29) is 18.2 Å². The van der Waals surface area contributed by atoms with Crippen LogP contribution < -0.4 is 20.9 Å². The molecule has 0 aliphatic carbocycles. The van der Waals surface area contributed by atoms with Crippen LogP contribution in [0.25, 0.3) is 11.0 Å². The second-order valence-corrected chi connectivity index (χ2v) is 8.26. The SMILES string of the molecule is CC1CC(=O)NC(Nc2cccc(C3CCCN(c4ncnc5[nH]ccc45)C3)c2)N1. The van der Waals surface area contributed by atoms with Gasteiger partial charge in [-0.05, 0) is 43.5 Å². The van der Waals surface area contributed by atoms with E-state index >= 15 is 0 Å². The number of amides is 1. The van der Waals surface area contributed by atoms with Gasteiger partial charge in [0, 0.05) is 43.4 Å². The van der Waals surface area contributed by atoms with Crippen molar-refractivity contribution in [1.82, 2.24) is 25.6 Å². The predicted octanol–water partition coefficient (Wildman–Crippen LogP) is 2.54. The normalized spacial score (nSPS) is 24.6. The molecule has 30 heavy (non-hydrogen) atoms. The number of piperidine rings is 1. The number of carbonyl (C=O) groups excluding carboxylic acids is 1. The third-order valence-electron chi connectivity index (χ3n) is 5.97. The summed E-state index contributed by atoms with van der Waals surface area (Å²) in [6.07, 6.45) is 6.08. The lowest BCUT2D eigenvalue weighted by atomic mass is 9.90. The fourth-order valence-corrected chi connectivity index (χ4v) is 4.56. The van der Waals surface area contributed by atoms with Crippen LogP contribution in [0.15, 0.2) is 42.9 Å². The maximum atomic E-state index is 11.8. The molecular weight excluding hydrogens is 378 g/mol. The highest BCUT2D eigenvalue weighted by atomic mass is 16.2. The average Bonchev–Trinajstić information content (AvgIpc) is 3.22. The molecule has 0 radical (unpaired) electrons. The van der Waals surface area contributed by atoms with E-state index in [4.69, 9.17) is 0 Å². The summed E-state index contributed by atoms with van der Waals surface area (Å²) >= 11 is 0. The van der Waals surface area contributed by atoms with Gasteiger partial charge in [0.25, 0.3) is 0 Å². The van der Waals surface area contributed by atoms with Crippen LogP contribution in [-0.4, -0.2) is 46.3 Å². The summed E-state index contributed by atoms with van der Waals surface area (Å²) in [5.41, 5.74) is 3.19. The van der Waals surface area contributed by atoms with Gasteiger partial charge in [0.1, 0.15) is 17.8 Å². The van der Waals surface area contributed by atoms with Crippen molar-refractivity contribution in [2.45, 2.75) is 44.4 Å². The van der Waals surface area contributed by atoms with Gasteiger partial charge >= 0.3 is 0 Å². The van der Waals surface area contributed by atoms with Gasteiger partial charge in [0.15, 0.2) is 6.29 Å². The van der Waals surface area contributed by atoms with E-state index < -0.39 is 0 Å². The molecule has 2 aliphatic rings. The van der Waals surface area contributed by atoms with Crippen molar-refractivity contribution in [3.05, 3.63) is 48.4 Å². The van der Waals surface area contributed by atoms with E-state index in [0.29, 0.717) is 12.3 Å². The Labute approximate surface area is 175 Å². The molecular formula is C22H27N7O. The van der Waals surface area contributed by atoms with Crippen molar-refractivity contribution in [3.63, 3.8) is 0 Å². The molecule has 1 amide bonds. The van der Waals surface area contributed by atoms with Gasteiger partial charge in [0.05, 0.1) is 5.39 Å². The van der Waals surface area contributed by atoms with E-state index in [9.17, 15) is 4.79 Å². The van der Waals surface area contributed by atoms with Crippen LogP contribution in [0.1, 0.15) is 37.7 Å². The lowest BCUT2D eigenvalue weighted by molar-refractivity contribution is -0.123. The molecule has 1 aromatic carbocycles. The van der Waals surface area contributed by atoms with Crippen molar-refractivity contribution in [2.75, 3.05) is 23.3 Å². The number of hydrogen-bond acceptors (Lipinski definition) is 6. The molecule has 8 nitrogen and oxygen atoms in total. The summed E-state index contributed by atoms with van der Waals surface area (Å²) in [5.74, 6) is 1.50. The number of aromatic amines is 1. The molecule has 2 fully saturated rings. The van der Waals surface area contributed by atoms with Crippen LogP contribution in [0.2, 0.25) is 0 Å². The summed E-state index contributed by atoms with van der Waals surface area (Å²) in [4.78, 5) is 26.3. The lowest BCUT2D eigenvalue weighted by Crippen LogP contribution is -2.59. The molecule has 2 aliphatic heterocycles. The summed E-state index contributed by atoms with van der Waals surface area (Å²) in [6, 6.07) is 10.7. The molecule has 3 atom stereocenters. The van der Waals surface area contributed by atoms with Crippen LogP contribution in [0.3, 0.4) is 0 Å². The Hall–Kier alpha value is -3.13. The van der Waals surface area contributed by atoms with E-state index in [1.54, 1.807) is 6.33 Å². The van der Waals surface area contributed by atoms with Crippen LogP contribution in [0.5, 0.6) is 0 Å². The van der Waals surface area contributed by atoms with Crippen molar-refractivity contribution < 1.29 is 4.79 Å². The molecule has 156 valence electrons. The minimum atomic E-state index is -0.248. The number of nitrogens with zero attached hydrogens (tertiary/aromatic N) is 3. The van der Waals surface area contributed by atoms with E-state index in [1.165, 1.54) is 5.56 Å². The van der Waals surface area contributed by atoms with E-state index in [1.807, 2.05) is 25.3 Å². The summed E-state index contributed by atoms with van der Waals surface area (Å²) < 4.78 is 0. The number of aromatic nitrogens is 3. The Bertz CT molecular complexity index is 1050. The molecule has 5 rings (SSSR count). The Kier molecular flexibility index (Phi) is 5.00. The molecule has 2 aromatic heterocycles. The van der Waals surface area contributed by atoms with Gasteiger partial charge in [-0.25, -0.2) is 9.97 Å². The Morgan fingerprint density at radius 1 is 1.23 bits per heavy atom. The van der Waals surface area contributed by atoms with Crippen LogP contribution in [0.4, 0.5) is 11.5 Å². The highest BCUT2D eigenvalue weighted by molar-refractivity contribution is 5.87. The van der Waals surface area contributed by atoms with Crippen molar-refractivity contribution >= 4 is 28.4 Å². The topological polar surface area (TPSA) is 98.0 Å². The maximum absolute atomic E-state index is 11.8. The minimum Gasteiger partial charge on any atom is -0.355 e. The lowest BCUT2D eigenvalue weighted by Gasteiger charge is -2.34. The largest absolute Gasteiger partial charge is 0.355 e. The van der Waals surface area contributed by atoms with E-state index in [0.717, 1.165) is 48.5 Å². The quantitative estimate of drug-likeness (QED) is 0.533. The third kappa shape index (κ3) is 3.82. The number of hydrogen-bond donors (Lipinski definition) is 4. The van der Waals surface area contributed by atoms with Crippen LogP contribution in [0, 0.1) is 0 Å². The smallest absolute Gasteiger partial charge is 0.224 e. The first-order chi connectivity index (χ1) is 14.7. The van der Waals surface area contributed by atoms with Crippen molar-refractivity contribution in [1.29, 1.82) is 0 Å². The molecule has 0 bridgehead atoms. The van der Waals surface area contributed by atoms with Crippen molar-refractivity contribution in [3.8, 4) is 0 Å². The predicted molar refractivity (Wildman–Crippen MR) is 117 cm³/mol. The Morgan fingerprint density at radius 2 is 2.17 bits per heavy atom. The number of fused-ring (bicyclic) bond motifs is 1. The molecule has 0 saturated carbocycles. The van der Waals surface area contributed by atoms with Crippen LogP contribution >= 0.6 is 0 Å². The molecule has 2 saturated heterocycles. The Morgan fingerprint density at radius 3 is 3.07 bits per heavy atom. The number of anilines is 2. The Balaban J connectivity index is 1.32. The van der Waals surface area contributed by atoms with Gasteiger partial charge in [-0.3, -0.25) is 10.1 Å². The average molecular weight is 406 g/mol. The molecule has 8 heteroatoms. The highest BCUT2D eigenvalue weighted by Crippen LogP contribution is 2.32. The molecule has 4 N–H and O–H groups in total. The zero-order chi connectivity index (χ0) is 20.5. The fraction of sp³-hybridized carbons (Fsp3) is 0.409. The summed E-state index contributed by atoms with van der Waals surface area (Å²) in [7, 11) is 0. The van der Waals surface area contributed by atoms with E-state index in [2.05, 4.69) is 54.0 Å². The van der Waals surface area contributed by atoms with Gasteiger partial charge in [0.2, 0.25) is 5.91 Å². The fourth-order valence-electron chi connectivity index (χ4n) is 4.56. The second-order valence-electron chi connectivity index (χ2n) is 8.26. The first kappa shape index (κ1) is 18.9. The minimum absolute atomic E-state index is 0.0683. The molecule has 3 unspecified atom stereocenters. The van der Waals surface area contributed by atoms with Gasteiger partial charge in [-0.2, -0.15) is 0 Å². The first-order valence-corrected chi connectivity index (χ1v) is 10.6. The maximum Gasteiger partial charge on any atom is 0.224 e. The summed E-state index contributed by atoms with van der Waals surface area (Å²) in [6.45, 7) is 3.95. The monoisotopic (exact) mass is 405 g/mol. The molecule has 4 heterocycles. The van der Waals surface area contributed by atoms with Gasteiger partial charge in [-0.15, -0.1) is 0 Å². The number of benzene rings is 1. The first-order valence-electron chi connectivity index (χ1n) is 10.6. The standard InChI is InChI=1S/C22H27N7O/c1-14-10-19(30)28-22(26-14)27-17-6-2-4-15(11-17)16-5-3-9-29(12-16)21-18-7-8-23-20(18)24-13-25-21/h2,4,6-8,11,13-14,16,22,26-27H,3,5,9-10,12H2,1H3,(H,28,30)(H,23,24,25). The summed E-state index contributed by atoms with van der Waals surface area (Å²) in [5, 5.41) is 10.8.